The summed E-state index contributed by atoms with van der Waals surface area (Å²) in [4.78, 5) is 13.3. The average molecular weight is 467 g/mol. The number of carbonyl (C=O) groups excluding carboxylic acids is 1. The molecule has 1 amide bonds. The van der Waals surface area contributed by atoms with Gasteiger partial charge >= 0.3 is 0 Å². The maximum absolute atomic E-state index is 13.2. The van der Waals surface area contributed by atoms with Crippen molar-refractivity contribution in [1.29, 1.82) is 0 Å². The number of aromatic nitrogens is 2. The lowest BCUT2D eigenvalue weighted by Gasteiger charge is -2.30. The van der Waals surface area contributed by atoms with Crippen molar-refractivity contribution >= 4 is 21.6 Å². The van der Waals surface area contributed by atoms with E-state index >= 15 is 0 Å². The van der Waals surface area contributed by atoms with Crippen LogP contribution >= 0.6 is 0 Å². The number of carbonyl (C=O) groups is 1. The van der Waals surface area contributed by atoms with Crippen molar-refractivity contribution in [2.24, 2.45) is 5.92 Å². The highest BCUT2D eigenvalue weighted by Crippen LogP contribution is 2.30. The SMILES string of the molecule is Cc1ccc(-c2nnco2)cc1NC(=O)C1CCN(S(=O)(=O)c2ccc3c(c2)CCC3)CC1. The van der Waals surface area contributed by atoms with E-state index in [1.165, 1.54) is 16.3 Å². The van der Waals surface area contributed by atoms with E-state index in [9.17, 15) is 13.2 Å². The van der Waals surface area contributed by atoms with Crippen molar-refractivity contribution in [1.82, 2.24) is 14.5 Å². The lowest BCUT2D eigenvalue weighted by Crippen LogP contribution is -2.41. The molecule has 0 bridgehead atoms. The highest BCUT2D eigenvalue weighted by Gasteiger charge is 2.32. The number of nitrogens with one attached hydrogen (secondary N) is 1. The maximum atomic E-state index is 13.2. The van der Waals surface area contributed by atoms with Gasteiger partial charge in [-0.05, 0) is 80.0 Å². The van der Waals surface area contributed by atoms with E-state index in [0.29, 0.717) is 42.4 Å². The molecule has 1 aliphatic carbocycles. The largest absolute Gasteiger partial charge is 0.423 e. The standard InChI is InChI=1S/C24H26N4O4S/c1-16-5-6-20(24-27-25-15-32-24)14-22(16)26-23(29)18-9-11-28(12-10-18)33(30,31)21-8-7-17-3-2-4-19(17)13-21/h5-8,13-15,18H,2-4,9-12H2,1H3,(H,26,29). The lowest BCUT2D eigenvalue weighted by molar-refractivity contribution is -0.120. The van der Waals surface area contributed by atoms with Crippen LogP contribution in [-0.4, -0.2) is 41.9 Å². The third-order valence-electron chi connectivity index (χ3n) is 6.63. The van der Waals surface area contributed by atoms with Gasteiger partial charge in [-0.3, -0.25) is 4.79 Å². The summed E-state index contributed by atoms with van der Waals surface area (Å²) in [6.45, 7) is 2.58. The number of hydrogen-bond donors (Lipinski definition) is 1. The summed E-state index contributed by atoms with van der Waals surface area (Å²) < 4.78 is 33.1. The molecular weight excluding hydrogens is 440 g/mol. The molecule has 1 fully saturated rings. The van der Waals surface area contributed by atoms with E-state index in [1.54, 1.807) is 6.07 Å². The minimum absolute atomic E-state index is 0.102. The van der Waals surface area contributed by atoms with Gasteiger partial charge < -0.3 is 9.73 Å². The molecule has 1 saturated heterocycles. The van der Waals surface area contributed by atoms with Crippen LogP contribution in [0.1, 0.15) is 36.0 Å². The topological polar surface area (TPSA) is 105 Å². The first-order valence-corrected chi connectivity index (χ1v) is 12.7. The van der Waals surface area contributed by atoms with Gasteiger partial charge in [0.05, 0.1) is 4.90 Å². The van der Waals surface area contributed by atoms with Gasteiger partial charge in [0.1, 0.15) is 0 Å². The summed E-state index contributed by atoms with van der Waals surface area (Å²) in [6, 6.07) is 11.1. The molecule has 9 heteroatoms. The van der Waals surface area contributed by atoms with Gasteiger partial charge in [0.2, 0.25) is 28.2 Å². The Labute approximate surface area is 193 Å². The maximum Gasteiger partial charge on any atom is 0.247 e. The molecule has 0 atom stereocenters. The number of amides is 1. The smallest absolute Gasteiger partial charge is 0.247 e. The number of benzene rings is 2. The molecule has 1 aliphatic heterocycles. The highest BCUT2D eigenvalue weighted by molar-refractivity contribution is 7.89. The van der Waals surface area contributed by atoms with Gasteiger partial charge in [-0.25, -0.2) is 8.42 Å². The second-order valence-electron chi connectivity index (χ2n) is 8.73. The summed E-state index contributed by atoms with van der Waals surface area (Å²) in [5, 5.41) is 10.6. The number of fused-ring (bicyclic) bond motifs is 1. The number of anilines is 1. The van der Waals surface area contributed by atoms with Crippen LogP contribution in [0, 0.1) is 12.8 Å². The summed E-state index contributed by atoms with van der Waals surface area (Å²) in [5.41, 5.74) is 4.72. The fraction of sp³-hybridized carbons (Fsp3) is 0.375. The average Bonchev–Trinajstić information content (AvgIpc) is 3.52. The second-order valence-corrected chi connectivity index (χ2v) is 10.7. The van der Waals surface area contributed by atoms with Crippen molar-refractivity contribution in [3.8, 4) is 11.5 Å². The van der Waals surface area contributed by atoms with Crippen LogP contribution in [0.3, 0.4) is 0 Å². The van der Waals surface area contributed by atoms with Gasteiger partial charge in [-0.15, -0.1) is 10.2 Å². The molecule has 0 radical (unpaired) electrons. The predicted molar refractivity (Wildman–Crippen MR) is 123 cm³/mol. The molecule has 1 N–H and O–H groups in total. The van der Waals surface area contributed by atoms with Gasteiger partial charge in [-0.2, -0.15) is 4.31 Å². The predicted octanol–water partition coefficient (Wildman–Crippen LogP) is 3.57. The van der Waals surface area contributed by atoms with Gasteiger partial charge in [0.25, 0.3) is 0 Å². The minimum Gasteiger partial charge on any atom is -0.423 e. The number of nitrogens with zero attached hydrogens (tertiary/aromatic N) is 3. The fourth-order valence-corrected chi connectivity index (χ4v) is 6.16. The summed E-state index contributed by atoms with van der Waals surface area (Å²) in [5.74, 6) is 0.0360. The van der Waals surface area contributed by atoms with E-state index in [4.69, 9.17) is 4.42 Å². The highest BCUT2D eigenvalue weighted by atomic mass is 32.2. The first-order chi connectivity index (χ1) is 15.9. The first-order valence-electron chi connectivity index (χ1n) is 11.2. The van der Waals surface area contributed by atoms with E-state index < -0.39 is 10.0 Å². The lowest BCUT2D eigenvalue weighted by atomic mass is 9.97. The number of hydrogen-bond acceptors (Lipinski definition) is 6. The third-order valence-corrected chi connectivity index (χ3v) is 8.53. The van der Waals surface area contributed by atoms with Crippen LogP contribution in [0.15, 0.2) is 52.1 Å². The number of sulfonamides is 1. The van der Waals surface area contributed by atoms with Crippen molar-refractivity contribution in [2.75, 3.05) is 18.4 Å². The Balaban J connectivity index is 1.24. The molecule has 172 valence electrons. The summed E-state index contributed by atoms with van der Waals surface area (Å²) in [7, 11) is -3.55. The normalized spacial score (nSPS) is 17.1. The number of aryl methyl sites for hydroxylation is 3. The summed E-state index contributed by atoms with van der Waals surface area (Å²) >= 11 is 0. The Morgan fingerprint density at radius 1 is 1.09 bits per heavy atom. The Bertz CT molecular complexity index is 1280. The van der Waals surface area contributed by atoms with E-state index in [1.807, 2.05) is 37.3 Å². The quantitative estimate of drug-likeness (QED) is 0.616. The molecular formula is C24H26N4O4S. The molecule has 3 aromatic rings. The number of rotatable bonds is 5. The number of piperidine rings is 1. The Hall–Kier alpha value is -3.04. The van der Waals surface area contributed by atoms with Gasteiger partial charge in [0.15, 0.2) is 0 Å². The van der Waals surface area contributed by atoms with Crippen molar-refractivity contribution in [3.63, 3.8) is 0 Å². The van der Waals surface area contributed by atoms with Crippen LogP contribution in [-0.2, 0) is 27.7 Å². The van der Waals surface area contributed by atoms with Gasteiger partial charge in [-0.1, -0.05) is 12.1 Å². The van der Waals surface area contributed by atoms with Crippen molar-refractivity contribution < 1.29 is 17.6 Å². The summed E-state index contributed by atoms with van der Waals surface area (Å²) in [6.07, 6.45) is 5.27. The zero-order valence-electron chi connectivity index (χ0n) is 18.5. The molecule has 0 saturated carbocycles. The Morgan fingerprint density at radius 2 is 1.88 bits per heavy atom. The Morgan fingerprint density at radius 3 is 2.64 bits per heavy atom. The van der Waals surface area contributed by atoms with Crippen LogP contribution < -0.4 is 5.32 Å². The van der Waals surface area contributed by atoms with E-state index in [0.717, 1.165) is 36.0 Å². The van der Waals surface area contributed by atoms with Crippen LogP contribution in [0.5, 0.6) is 0 Å². The molecule has 0 unspecified atom stereocenters. The van der Waals surface area contributed by atoms with E-state index in [-0.39, 0.29) is 11.8 Å². The molecule has 2 aliphatic rings. The van der Waals surface area contributed by atoms with Crippen LogP contribution in [0.25, 0.3) is 11.5 Å². The first kappa shape index (κ1) is 21.8. The fourth-order valence-electron chi connectivity index (χ4n) is 4.64. The molecule has 0 spiro atoms. The minimum atomic E-state index is -3.55. The Kier molecular flexibility index (Phi) is 5.76. The van der Waals surface area contributed by atoms with Crippen LogP contribution in [0.2, 0.25) is 0 Å². The zero-order valence-corrected chi connectivity index (χ0v) is 19.3. The molecule has 2 aromatic carbocycles. The molecule has 33 heavy (non-hydrogen) atoms. The third kappa shape index (κ3) is 4.30. The van der Waals surface area contributed by atoms with E-state index in [2.05, 4.69) is 15.5 Å². The van der Waals surface area contributed by atoms with Crippen LogP contribution in [0.4, 0.5) is 5.69 Å². The zero-order chi connectivity index (χ0) is 23.0. The monoisotopic (exact) mass is 466 g/mol. The molecule has 8 nitrogen and oxygen atoms in total. The van der Waals surface area contributed by atoms with Gasteiger partial charge in [0, 0.05) is 30.3 Å². The molecule has 1 aromatic heterocycles. The van der Waals surface area contributed by atoms with Crippen molar-refractivity contribution in [3.05, 3.63) is 59.5 Å². The second kappa shape index (κ2) is 8.72. The van der Waals surface area contributed by atoms with Crippen molar-refractivity contribution in [2.45, 2.75) is 43.9 Å². The molecule has 2 heterocycles. The molecule has 5 rings (SSSR count).